The van der Waals surface area contributed by atoms with Crippen LogP contribution in [-0.2, 0) is 10.4 Å². The lowest BCUT2D eigenvalue weighted by molar-refractivity contribution is -0.384. The molecule has 0 spiro atoms. The number of nitrogen functional groups attached to an aromatic ring is 1. The second kappa shape index (κ2) is 5.89. The summed E-state index contributed by atoms with van der Waals surface area (Å²) in [6.07, 6.45) is 0. The van der Waals surface area contributed by atoms with Gasteiger partial charge >= 0.3 is 0 Å². The van der Waals surface area contributed by atoms with E-state index in [1.54, 1.807) is 19.1 Å². The number of nitro benzene ring substituents is 1. The van der Waals surface area contributed by atoms with Crippen LogP contribution in [0, 0.1) is 24.0 Å². The second-order valence-electron chi connectivity index (χ2n) is 6.74. The summed E-state index contributed by atoms with van der Waals surface area (Å²) >= 11 is 0. The normalized spacial score (nSPS) is 18.0. The fraction of sp³-hybridized carbons (Fsp3) is 0.158. The first-order valence-corrected chi connectivity index (χ1v) is 8.49. The monoisotopic (exact) mass is 379 g/mol. The predicted molar refractivity (Wildman–Crippen MR) is 102 cm³/mol. The molecule has 9 heteroatoms. The van der Waals surface area contributed by atoms with Gasteiger partial charge in [-0.2, -0.15) is 5.10 Å². The number of nitro groups is 1. The van der Waals surface area contributed by atoms with Gasteiger partial charge in [-0.15, -0.1) is 0 Å². The Balaban J connectivity index is 1.88. The van der Waals surface area contributed by atoms with Crippen LogP contribution in [-0.4, -0.2) is 25.7 Å². The van der Waals surface area contributed by atoms with Crippen LogP contribution in [0.2, 0.25) is 0 Å². The summed E-state index contributed by atoms with van der Waals surface area (Å²) in [5.74, 6) is -0.524. The van der Waals surface area contributed by atoms with Crippen LogP contribution in [0.25, 0.3) is 5.69 Å². The van der Waals surface area contributed by atoms with Crippen molar-refractivity contribution in [2.45, 2.75) is 19.4 Å². The number of aryl methyl sites for hydroxylation is 2. The third kappa shape index (κ3) is 2.37. The molecule has 1 atom stereocenters. The molecule has 0 unspecified atom stereocenters. The van der Waals surface area contributed by atoms with E-state index in [4.69, 9.17) is 5.73 Å². The van der Waals surface area contributed by atoms with Crippen molar-refractivity contribution in [3.05, 3.63) is 75.0 Å². The van der Waals surface area contributed by atoms with Crippen LogP contribution >= 0.6 is 0 Å². The molecule has 4 rings (SSSR count). The average Bonchev–Trinajstić information content (AvgIpc) is 3.09. The number of aromatic nitrogens is 2. The highest BCUT2D eigenvalue weighted by Gasteiger charge is 2.50. The van der Waals surface area contributed by atoms with Crippen molar-refractivity contribution >= 4 is 23.1 Å². The van der Waals surface area contributed by atoms with Gasteiger partial charge in [-0.1, -0.05) is 17.7 Å². The third-order valence-corrected chi connectivity index (χ3v) is 4.90. The number of nitrogens with zero attached hydrogens (tertiary/aromatic N) is 3. The molecule has 0 fully saturated rings. The maximum Gasteiger partial charge on any atom is 0.269 e. The Morgan fingerprint density at radius 2 is 1.89 bits per heavy atom. The van der Waals surface area contributed by atoms with Crippen molar-refractivity contribution in [3.63, 3.8) is 0 Å². The van der Waals surface area contributed by atoms with Crippen LogP contribution < -0.4 is 11.1 Å². The molecule has 0 radical (unpaired) electrons. The number of carbonyl (C=O) groups excluding carboxylic acids is 1. The summed E-state index contributed by atoms with van der Waals surface area (Å²) in [7, 11) is 0. The highest BCUT2D eigenvalue weighted by molar-refractivity contribution is 6.08. The van der Waals surface area contributed by atoms with Crippen LogP contribution in [0.15, 0.2) is 42.5 Å². The molecule has 0 aliphatic carbocycles. The number of fused-ring (bicyclic) bond motifs is 1. The highest BCUT2D eigenvalue weighted by Crippen LogP contribution is 2.44. The molecule has 1 aliphatic heterocycles. The smallest absolute Gasteiger partial charge is 0.269 e. The van der Waals surface area contributed by atoms with E-state index in [0.717, 1.165) is 5.56 Å². The molecule has 3 aromatic rings. The molecule has 0 saturated carbocycles. The van der Waals surface area contributed by atoms with Crippen LogP contribution in [0.3, 0.4) is 0 Å². The van der Waals surface area contributed by atoms with Crippen molar-refractivity contribution in [2.75, 3.05) is 11.1 Å². The molecule has 1 aromatic heterocycles. The van der Waals surface area contributed by atoms with Gasteiger partial charge < -0.3 is 16.2 Å². The lowest BCUT2D eigenvalue weighted by Crippen LogP contribution is -2.36. The first-order chi connectivity index (χ1) is 13.2. The standard InChI is InChI=1S/C19H17N5O4/c1-10-3-8-15-14(9-10)19(26,18(25)21-15)16-11(2)22-23(17(16)20)12-4-6-13(7-5-12)24(27)28/h3-9,26H,20H2,1-2H3,(H,21,25)/t19-/m1/s1. The number of carbonyl (C=O) groups is 1. The lowest BCUT2D eigenvalue weighted by atomic mass is 9.86. The van der Waals surface area contributed by atoms with Crippen molar-refractivity contribution in [1.82, 2.24) is 9.78 Å². The fourth-order valence-electron chi connectivity index (χ4n) is 3.55. The maximum atomic E-state index is 12.7. The van der Waals surface area contributed by atoms with Gasteiger partial charge in [0, 0.05) is 23.4 Å². The minimum absolute atomic E-state index is 0.0652. The Bertz CT molecular complexity index is 1140. The number of amides is 1. The number of non-ortho nitro benzene ring substituents is 1. The van der Waals surface area contributed by atoms with E-state index in [2.05, 4.69) is 10.4 Å². The van der Waals surface area contributed by atoms with Gasteiger partial charge in [-0.3, -0.25) is 14.9 Å². The summed E-state index contributed by atoms with van der Waals surface area (Å²) in [4.78, 5) is 23.1. The minimum atomic E-state index is -1.98. The Hall–Kier alpha value is -3.72. The lowest BCUT2D eigenvalue weighted by Gasteiger charge is -2.21. The van der Waals surface area contributed by atoms with Gasteiger partial charge in [0.05, 0.1) is 21.9 Å². The first kappa shape index (κ1) is 17.7. The Morgan fingerprint density at radius 3 is 2.54 bits per heavy atom. The number of nitrogens with two attached hydrogens (primary N) is 1. The minimum Gasteiger partial charge on any atom is -0.383 e. The summed E-state index contributed by atoms with van der Waals surface area (Å²) < 4.78 is 1.35. The summed E-state index contributed by atoms with van der Waals surface area (Å²) in [6, 6.07) is 11.0. The van der Waals surface area contributed by atoms with Gasteiger partial charge in [0.1, 0.15) is 5.82 Å². The number of hydrogen-bond acceptors (Lipinski definition) is 6. The Labute approximate surface area is 159 Å². The second-order valence-corrected chi connectivity index (χ2v) is 6.74. The first-order valence-electron chi connectivity index (χ1n) is 8.49. The Kier molecular flexibility index (Phi) is 3.72. The van der Waals surface area contributed by atoms with Crippen LogP contribution in [0.5, 0.6) is 0 Å². The molecule has 28 heavy (non-hydrogen) atoms. The molecule has 0 saturated heterocycles. The summed E-state index contributed by atoms with van der Waals surface area (Å²) in [5.41, 5.74) is 7.09. The maximum absolute atomic E-state index is 12.7. The number of hydrogen-bond donors (Lipinski definition) is 3. The van der Waals surface area contributed by atoms with Crippen molar-refractivity contribution in [2.24, 2.45) is 0 Å². The van der Waals surface area contributed by atoms with Gasteiger partial charge in [0.25, 0.3) is 11.6 Å². The molecular formula is C19H17N5O4. The van der Waals surface area contributed by atoms with Gasteiger partial charge in [0.15, 0.2) is 0 Å². The van der Waals surface area contributed by atoms with E-state index in [1.807, 2.05) is 13.0 Å². The van der Waals surface area contributed by atoms with E-state index in [1.165, 1.54) is 28.9 Å². The van der Waals surface area contributed by atoms with Crippen LogP contribution in [0.1, 0.15) is 22.4 Å². The zero-order valence-corrected chi connectivity index (χ0v) is 15.1. The molecule has 9 nitrogen and oxygen atoms in total. The van der Waals surface area contributed by atoms with E-state index in [-0.39, 0.29) is 17.1 Å². The number of rotatable bonds is 3. The van der Waals surface area contributed by atoms with E-state index >= 15 is 0 Å². The van der Waals surface area contributed by atoms with E-state index in [0.29, 0.717) is 22.6 Å². The zero-order chi connectivity index (χ0) is 20.2. The topological polar surface area (TPSA) is 136 Å². The molecular weight excluding hydrogens is 362 g/mol. The number of anilines is 2. The molecule has 2 aromatic carbocycles. The molecule has 4 N–H and O–H groups in total. The summed E-state index contributed by atoms with van der Waals surface area (Å²) in [5, 5.41) is 29.3. The number of aliphatic hydroxyl groups is 1. The van der Waals surface area contributed by atoms with Crippen molar-refractivity contribution in [1.29, 1.82) is 0 Å². The highest BCUT2D eigenvalue weighted by atomic mass is 16.6. The number of nitrogens with one attached hydrogen (secondary N) is 1. The molecule has 1 aliphatic rings. The molecule has 1 amide bonds. The molecule has 2 heterocycles. The van der Waals surface area contributed by atoms with Gasteiger partial charge in [-0.05, 0) is 32.0 Å². The van der Waals surface area contributed by atoms with E-state index in [9.17, 15) is 20.0 Å². The van der Waals surface area contributed by atoms with E-state index < -0.39 is 16.4 Å². The zero-order valence-electron chi connectivity index (χ0n) is 15.1. The number of benzene rings is 2. The molecule has 142 valence electrons. The average molecular weight is 379 g/mol. The fourth-order valence-corrected chi connectivity index (χ4v) is 3.55. The largest absolute Gasteiger partial charge is 0.383 e. The van der Waals surface area contributed by atoms with Gasteiger partial charge in [0.2, 0.25) is 5.60 Å². The third-order valence-electron chi connectivity index (χ3n) is 4.90. The van der Waals surface area contributed by atoms with Crippen molar-refractivity contribution < 1.29 is 14.8 Å². The SMILES string of the molecule is Cc1ccc2c(c1)[C@@](O)(c1c(C)nn(-c3ccc([N+](=O)[O-])cc3)c1N)C(=O)N2. The van der Waals surface area contributed by atoms with Crippen molar-refractivity contribution in [3.8, 4) is 5.69 Å². The van der Waals surface area contributed by atoms with Crippen LogP contribution in [0.4, 0.5) is 17.2 Å². The molecule has 0 bridgehead atoms. The summed E-state index contributed by atoms with van der Waals surface area (Å²) in [6.45, 7) is 3.51. The predicted octanol–water partition coefficient (Wildman–Crippen LogP) is 2.17. The Morgan fingerprint density at radius 1 is 1.21 bits per heavy atom. The quantitative estimate of drug-likeness (QED) is 0.471. The van der Waals surface area contributed by atoms with Gasteiger partial charge in [-0.25, -0.2) is 4.68 Å².